The first-order valence-electron chi connectivity index (χ1n) is 4.13. The molecule has 1 fully saturated rings. The van der Waals surface area contributed by atoms with Crippen LogP contribution in [0.25, 0.3) is 0 Å². The Morgan fingerprint density at radius 3 is 2.46 bits per heavy atom. The fourth-order valence-electron chi connectivity index (χ4n) is 1.52. The van der Waals surface area contributed by atoms with Gasteiger partial charge in [0.1, 0.15) is 5.82 Å². The summed E-state index contributed by atoms with van der Waals surface area (Å²) < 4.78 is 12.5. The topological polar surface area (TPSA) is 17.1 Å². The van der Waals surface area contributed by atoms with Gasteiger partial charge in [0.2, 0.25) is 5.24 Å². The van der Waals surface area contributed by atoms with E-state index >= 15 is 0 Å². The first-order valence-corrected chi connectivity index (χ1v) is 4.51. The fraction of sp³-hybridized carbons (Fsp3) is 0.300. The van der Waals surface area contributed by atoms with E-state index in [9.17, 15) is 9.18 Å². The Bertz CT molecular complexity index is 333. The highest BCUT2D eigenvalue weighted by molar-refractivity contribution is 6.64. The number of carbonyl (C=O) groups is 1. The highest BCUT2D eigenvalue weighted by Gasteiger charge is 2.42. The third-order valence-corrected chi connectivity index (χ3v) is 2.66. The van der Waals surface area contributed by atoms with Crippen molar-refractivity contribution in [3.8, 4) is 0 Å². The lowest BCUT2D eigenvalue weighted by Crippen LogP contribution is -1.91. The SMILES string of the molecule is O=C(Cl)[C@@H]1C[C@H]1c1ccc(F)cc1. The molecule has 2 rings (SSSR count). The Morgan fingerprint density at radius 1 is 1.38 bits per heavy atom. The lowest BCUT2D eigenvalue weighted by molar-refractivity contribution is -0.112. The van der Waals surface area contributed by atoms with Crippen LogP contribution in [0.5, 0.6) is 0 Å². The molecule has 1 aliphatic carbocycles. The molecule has 1 aromatic rings. The molecule has 13 heavy (non-hydrogen) atoms. The van der Waals surface area contributed by atoms with Crippen LogP contribution in [-0.4, -0.2) is 5.24 Å². The molecule has 0 heterocycles. The van der Waals surface area contributed by atoms with Crippen LogP contribution in [-0.2, 0) is 4.79 Å². The third-order valence-electron chi connectivity index (χ3n) is 2.38. The number of benzene rings is 1. The van der Waals surface area contributed by atoms with E-state index < -0.39 is 0 Å². The van der Waals surface area contributed by atoms with Crippen LogP contribution in [0, 0.1) is 11.7 Å². The lowest BCUT2D eigenvalue weighted by atomic mass is 10.1. The predicted molar refractivity (Wildman–Crippen MR) is 48.1 cm³/mol. The standard InChI is InChI=1S/C10H8ClFO/c11-10(13)9-5-8(9)6-1-3-7(12)4-2-6/h1-4,8-9H,5H2/t8-,9+/m0/s1. The van der Waals surface area contributed by atoms with Gasteiger partial charge in [-0.1, -0.05) is 12.1 Å². The molecule has 0 amide bonds. The maximum absolute atomic E-state index is 12.5. The minimum atomic E-state index is -0.283. The second kappa shape index (κ2) is 3.11. The van der Waals surface area contributed by atoms with E-state index in [1.165, 1.54) is 12.1 Å². The molecule has 68 valence electrons. The first kappa shape index (κ1) is 8.70. The van der Waals surface area contributed by atoms with Crippen molar-refractivity contribution >= 4 is 16.8 Å². The van der Waals surface area contributed by atoms with Crippen LogP contribution in [0.2, 0.25) is 0 Å². The molecular formula is C10H8ClFO. The van der Waals surface area contributed by atoms with E-state index in [1.807, 2.05) is 0 Å². The summed E-state index contributed by atoms with van der Waals surface area (Å²) in [6.07, 6.45) is 0.800. The molecule has 1 aliphatic rings. The maximum atomic E-state index is 12.5. The molecule has 0 aliphatic heterocycles. The Balaban J connectivity index is 2.12. The predicted octanol–water partition coefficient (Wildman–Crippen LogP) is 2.69. The van der Waals surface area contributed by atoms with Gasteiger partial charge in [-0.15, -0.1) is 0 Å². The second-order valence-corrected chi connectivity index (χ2v) is 3.68. The highest BCUT2D eigenvalue weighted by atomic mass is 35.5. The van der Waals surface area contributed by atoms with Crippen LogP contribution < -0.4 is 0 Å². The summed E-state index contributed by atoms with van der Waals surface area (Å²) in [6.45, 7) is 0. The summed E-state index contributed by atoms with van der Waals surface area (Å²) in [6, 6.07) is 6.23. The van der Waals surface area contributed by atoms with E-state index in [0.29, 0.717) is 0 Å². The molecule has 0 saturated heterocycles. The number of hydrogen-bond acceptors (Lipinski definition) is 1. The zero-order valence-electron chi connectivity index (χ0n) is 6.84. The maximum Gasteiger partial charge on any atom is 0.225 e. The molecule has 0 radical (unpaired) electrons. The monoisotopic (exact) mass is 198 g/mol. The largest absolute Gasteiger partial charge is 0.281 e. The van der Waals surface area contributed by atoms with Crippen molar-refractivity contribution in [3.63, 3.8) is 0 Å². The van der Waals surface area contributed by atoms with E-state index in [4.69, 9.17) is 11.6 Å². The Labute approximate surface area is 80.5 Å². The molecule has 3 heteroatoms. The number of carbonyl (C=O) groups excluding carboxylic acids is 1. The van der Waals surface area contributed by atoms with Crippen LogP contribution in [0.4, 0.5) is 4.39 Å². The van der Waals surface area contributed by atoms with E-state index in [0.717, 1.165) is 12.0 Å². The van der Waals surface area contributed by atoms with Crippen LogP contribution in [0.3, 0.4) is 0 Å². The molecule has 1 aromatic carbocycles. The normalized spacial score (nSPS) is 25.7. The minimum Gasteiger partial charge on any atom is -0.281 e. The van der Waals surface area contributed by atoms with E-state index in [2.05, 4.69) is 0 Å². The smallest absolute Gasteiger partial charge is 0.225 e. The molecule has 1 saturated carbocycles. The second-order valence-electron chi connectivity index (χ2n) is 3.30. The van der Waals surface area contributed by atoms with Gasteiger partial charge in [0, 0.05) is 5.92 Å². The Morgan fingerprint density at radius 2 is 2.00 bits per heavy atom. The van der Waals surface area contributed by atoms with Crippen molar-refractivity contribution in [1.29, 1.82) is 0 Å². The van der Waals surface area contributed by atoms with Crippen LogP contribution in [0.1, 0.15) is 17.9 Å². The summed E-state index contributed by atoms with van der Waals surface area (Å²) in [5.74, 6) is -0.0872. The molecule has 0 spiro atoms. The van der Waals surface area contributed by atoms with Gasteiger partial charge >= 0.3 is 0 Å². The summed E-state index contributed by atoms with van der Waals surface area (Å²) in [5, 5.41) is -0.283. The zero-order valence-corrected chi connectivity index (χ0v) is 7.59. The van der Waals surface area contributed by atoms with Gasteiger partial charge in [-0.05, 0) is 41.6 Å². The average molecular weight is 199 g/mol. The number of halogens is 2. The van der Waals surface area contributed by atoms with Gasteiger partial charge in [0.15, 0.2) is 0 Å². The van der Waals surface area contributed by atoms with Gasteiger partial charge in [0.25, 0.3) is 0 Å². The van der Waals surface area contributed by atoms with Gasteiger partial charge in [0.05, 0.1) is 0 Å². The first-order chi connectivity index (χ1) is 6.18. The molecular weight excluding hydrogens is 191 g/mol. The molecule has 0 aromatic heterocycles. The van der Waals surface area contributed by atoms with Gasteiger partial charge in [-0.25, -0.2) is 4.39 Å². The van der Waals surface area contributed by atoms with Crippen molar-refractivity contribution in [3.05, 3.63) is 35.6 Å². The lowest BCUT2D eigenvalue weighted by Gasteiger charge is -1.96. The van der Waals surface area contributed by atoms with E-state index in [-0.39, 0.29) is 22.9 Å². The molecule has 0 unspecified atom stereocenters. The van der Waals surface area contributed by atoms with E-state index in [1.54, 1.807) is 12.1 Å². The summed E-state index contributed by atoms with van der Waals surface area (Å²) in [5.41, 5.74) is 1.00. The Kier molecular flexibility index (Phi) is 2.08. The van der Waals surface area contributed by atoms with Crippen LogP contribution in [0.15, 0.2) is 24.3 Å². The number of hydrogen-bond donors (Lipinski definition) is 0. The van der Waals surface area contributed by atoms with Crippen molar-refractivity contribution in [2.75, 3.05) is 0 Å². The fourth-order valence-corrected chi connectivity index (χ4v) is 1.77. The third kappa shape index (κ3) is 1.73. The zero-order chi connectivity index (χ0) is 9.42. The highest BCUT2D eigenvalue weighted by Crippen LogP contribution is 2.48. The van der Waals surface area contributed by atoms with Crippen molar-refractivity contribution in [1.82, 2.24) is 0 Å². The van der Waals surface area contributed by atoms with Crippen molar-refractivity contribution in [2.24, 2.45) is 5.92 Å². The van der Waals surface area contributed by atoms with Gasteiger partial charge in [-0.2, -0.15) is 0 Å². The summed E-state index contributed by atoms with van der Waals surface area (Å²) in [7, 11) is 0. The molecule has 0 N–H and O–H groups in total. The molecule has 0 bridgehead atoms. The summed E-state index contributed by atoms with van der Waals surface area (Å²) >= 11 is 5.34. The minimum absolute atomic E-state index is 0.0490. The summed E-state index contributed by atoms with van der Waals surface area (Å²) in [4.78, 5) is 10.7. The van der Waals surface area contributed by atoms with Crippen molar-refractivity contribution in [2.45, 2.75) is 12.3 Å². The van der Waals surface area contributed by atoms with Crippen LogP contribution >= 0.6 is 11.6 Å². The Hall–Kier alpha value is -0.890. The van der Waals surface area contributed by atoms with Gasteiger partial charge < -0.3 is 0 Å². The molecule has 2 atom stereocenters. The van der Waals surface area contributed by atoms with Crippen molar-refractivity contribution < 1.29 is 9.18 Å². The molecule has 1 nitrogen and oxygen atoms in total. The van der Waals surface area contributed by atoms with Gasteiger partial charge in [-0.3, -0.25) is 4.79 Å². The number of rotatable bonds is 2. The quantitative estimate of drug-likeness (QED) is 0.668. The average Bonchev–Trinajstić information content (AvgIpc) is 2.85.